The van der Waals surface area contributed by atoms with Crippen LogP contribution in [-0.4, -0.2) is 46.5 Å². The monoisotopic (exact) mass is 389 g/mol. The van der Waals surface area contributed by atoms with Gasteiger partial charge in [0.25, 0.3) is 0 Å². The van der Waals surface area contributed by atoms with Crippen LogP contribution in [0, 0.1) is 5.41 Å². The van der Waals surface area contributed by atoms with Crippen LogP contribution in [0.3, 0.4) is 0 Å². The van der Waals surface area contributed by atoms with Crippen LogP contribution in [0.1, 0.15) is 49.2 Å². The Balaban J connectivity index is 1.23. The van der Waals surface area contributed by atoms with Gasteiger partial charge in [0.15, 0.2) is 5.84 Å². The molecule has 2 N–H and O–H groups in total. The van der Waals surface area contributed by atoms with Crippen molar-refractivity contribution in [3.8, 4) is 0 Å². The molecule has 1 atom stereocenters. The van der Waals surface area contributed by atoms with Crippen LogP contribution in [0.25, 0.3) is 0 Å². The minimum absolute atomic E-state index is 0.395. The number of nitrogens with two attached hydrogens (primary N) is 1. The van der Waals surface area contributed by atoms with E-state index in [9.17, 15) is 0 Å². The highest BCUT2D eigenvalue weighted by molar-refractivity contribution is 6.11. The Hall–Kier alpha value is -2.54. The van der Waals surface area contributed by atoms with Gasteiger partial charge in [-0.1, -0.05) is 0 Å². The zero-order valence-corrected chi connectivity index (χ0v) is 16.7. The van der Waals surface area contributed by atoms with Crippen LogP contribution in [0.5, 0.6) is 0 Å². The summed E-state index contributed by atoms with van der Waals surface area (Å²) in [6.45, 7) is 3.62. The van der Waals surface area contributed by atoms with E-state index < -0.39 is 0 Å². The summed E-state index contributed by atoms with van der Waals surface area (Å²) in [6, 6.07) is 4.53. The van der Waals surface area contributed by atoms with E-state index in [0.29, 0.717) is 18.0 Å². The van der Waals surface area contributed by atoms with Crippen molar-refractivity contribution in [1.82, 2.24) is 15.0 Å². The summed E-state index contributed by atoms with van der Waals surface area (Å²) in [5.41, 5.74) is 10.9. The van der Waals surface area contributed by atoms with Crippen molar-refractivity contribution in [3.63, 3.8) is 0 Å². The number of pyridine rings is 1. The van der Waals surface area contributed by atoms with Crippen LogP contribution < -0.4 is 15.5 Å². The van der Waals surface area contributed by atoms with Crippen LogP contribution in [0.2, 0.25) is 0 Å². The van der Waals surface area contributed by atoms with Gasteiger partial charge in [-0.15, -0.1) is 0 Å². The Morgan fingerprint density at radius 2 is 1.97 bits per heavy atom. The number of aryl methyl sites for hydroxylation is 1. The minimum Gasteiger partial charge on any atom is -0.355 e. The summed E-state index contributed by atoms with van der Waals surface area (Å²) in [5, 5.41) is 0. The first kappa shape index (κ1) is 17.3. The first-order chi connectivity index (χ1) is 14.2. The number of fused-ring (bicyclic) bond motifs is 2. The van der Waals surface area contributed by atoms with E-state index in [-0.39, 0.29) is 0 Å². The van der Waals surface area contributed by atoms with Gasteiger partial charge in [0, 0.05) is 31.9 Å². The molecule has 5 heterocycles. The van der Waals surface area contributed by atoms with Gasteiger partial charge in [-0.25, -0.2) is 9.97 Å². The quantitative estimate of drug-likeness (QED) is 0.806. The number of nitrogens with zero attached hydrogens (tertiary/aromatic N) is 6. The normalized spacial score (nSPS) is 24.7. The summed E-state index contributed by atoms with van der Waals surface area (Å²) in [4.78, 5) is 23.8. The van der Waals surface area contributed by atoms with E-state index in [1.807, 2.05) is 18.5 Å². The van der Waals surface area contributed by atoms with E-state index in [1.54, 1.807) is 0 Å². The molecule has 1 saturated carbocycles. The highest BCUT2D eigenvalue weighted by atomic mass is 15.3. The molecule has 2 aromatic heterocycles. The minimum atomic E-state index is 0.395. The third kappa shape index (κ3) is 2.67. The van der Waals surface area contributed by atoms with E-state index in [4.69, 9.17) is 20.7 Å². The van der Waals surface area contributed by atoms with E-state index in [2.05, 4.69) is 20.9 Å². The molecule has 0 radical (unpaired) electrons. The standard InChI is InChI=1S/C22H27N7/c23-18-5-6-22(18)7-11-28(12-8-22)19-14-25-20-16(27-19)13-26-21(20)29-10-2-3-15-17(29)4-1-9-24-15/h1,4,9,14,18H,2-3,5-8,10-13,23H2/t18-/m0/s1. The first-order valence-electron chi connectivity index (χ1n) is 10.9. The summed E-state index contributed by atoms with van der Waals surface area (Å²) in [7, 11) is 0. The maximum atomic E-state index is 6.30. The average molecular weight is 390 g/mol. The van der Waals surface area contributed by atoms with Crippen molar-refractivity contribution >= 4 is 17.3 Å². The number of aliphatic imine (C=N–C) groups is 1. The number of hydrogen-bond acceptors (Lipinski definition) is 7. The fraction of sp³-hybridized carbons (Fsp3) is 0.545. The predicted octanol–water partition coefficient (Wildman–Crippen LogP) is 2.29. The topological polar surface area (TPSA) is 83.5 Å². The molecule has 2 aromatic rings. The summed E-state index contributed by atoms with van der Waals surface area (Å²) < 4.78 is 0. The maximum Gasteiger partial charge on any atom is 0.156 e. The molecule has 7 heteroatoms. The predicted molar refractivity (Wildman–Crippen MR) is 113 cm³/mol. The lowest BCUT2D eigenvalue weighted by molar-refractivity contribution is 0.0610. The van der Waals surface area contributed by atoms with Gasteiger partial charge in [0.05, 0.1) is 29.8 Å². The van der Waals surface area contributed by atoms with Crippen molar-refractivity contribution < 1.29 is 0 Å². The molecule has 0 aromatic carbocycles. The van der Waals surface area contributed by atoms with Gasteiger partial charge in [-0.2, -0.15) is 0 Å². The van der Waals surface area contributed by atoms with E-state index >= 15 is 0 Å². The van der Waals surface area contributed by atoms with Gasteiger partial charge in [0.1, 0.15) is 11.5 Å². The molecule has 2 fully saturated rings. The van der Waals surface area contributed by atoms with Crippen molar-refractivity contribution in [3.05, 3.63) is 41.6 Å². The molecular weight excluding hydrogens is 362 g/mol. The van der Waals surface area contributed by atoms with Crippen LogP contribution in [0.15, 0.2) is 29.5 Å². The van der Waals surface area contributed by atoms with Crippen molar-refractivity contribution in [2.24, 2.45) is 16.1 Å². The summed E-state index contributed by atoms with van der Waals surface area (Å²) in [6.07, 6.45) is 10.7. The first-order valence-corrected chi connectivity index (χ1v) is 10.9. The van der Waals surface area contributed by atoms with E-state index in [1.165, 1.54) is 25.7 Å². The fourth-order valence-electron chi connectivity index (χ4n) is 5.44. The highest BCUT2D eigenvalue weighted by Crippen LogP contribution is 2.48. The molecule has 29 heavy (non-hydrogen) atoms. The molecule has 1 aliphatic carbocycles. The third-order valence-corrected chi connectivity index (χ3v) is 7.45. The zero-order chi connectivity index (χ0) is 19.4. The number of aromatic nitrogens is 3. The lowest BCUT2D eigenvalue weighted by atomic mass is 9.60. The lowest BCUT2D eigenvalue weighted by Crippen LogP contribution is -2.56. The number of anilines is 2. The van der Waals surface area contributed by atoms with Crippen molar-refractivity contribution in [2.45, 2.75) is 51.1 Å². The van der Waals surface area contributed by atoms with Gasteiger partial charge < -0.3 is 15.5 Å². The fourth-order valence-corrected chi connectivity index (χ4v) is 5.44. The SMILES string of the molecule is N[C@H]1CCC12CCN(c1cnc3c(n1)CN=C3N1CCCc3ncccc31)CC2. The van der Waals surface area contributed by atoms with Crippen LogP contribution in [-0.2, 0) is 13.0 Å². The Bertz CT molecular complexity index is 977. The summed E-state index contributed by atoms with van der Waals surface area (Å²) in [5.74, 6) is 1.94. The Labute approximate surface area is 171 Å². The second-order valence-electron chi connectivity index (χ2n) is 8.88. The Kier molecular flexibility index (Phi) is 3.88. The van der Waals surface area contributed by atoms with Gasteiger partial charge >= 0.3 is 0 Å². The molecule has 0 unspecified atom stereocenters. The molecule has 7 nitrogen and oxygen atoms in total. The molecule has 150 valence electrons. The Morgan fingerprint density at radius 1 is 1.07 bits per heavy atom. The Morgan fingerprint density at radius 3 is 2.76 bits per heavy atom. The lowest BCUT2D eigenvalue weighted by Gasteiger charge is -2.52. The third-order valence-electron chi connectivity index (χ3n) is 7.45. The zero-order valence-electron chi connectivity index (χ0n) is 16.7. The van der Waals surface area contributed by atoms with Gasteiger partial charge in [-0.05, 0) is 56.1 Å². The molecule has 0 bridgehead atoms. The largest absolute Gasteiger partial charge is 0.355 e. The molecule has 1 saturated heterocycles. The molecule has 3 aliphatic heterocycles. The number of hydrogen-bond donors (Lipinski definition) is 1. The van der Waals surface area contributed by atoms with Crippen LogP contribution in [0.4, 0.5) is 11.5 Å². The van der Waals surface area contributed by atoms with E-state index in [0.717, 1.165) is 66.9 Å². The van der Waals surface area contributed by atoms with Gasteiger partial charge in [-0.3, -0.25) is 9.98 Å². The number of amidine groups is 1. The maximum absolute atomic E-state index is 6.30. The smallest absolute Gasteiger partial charge is 0.156 e. The summed E-state index contributed by atoms with van der Waals surface area (Å²) >= 11 is 0. The molecular formula is C22H27N7. The van der Waals surface area contributed by atoms with Crippen LogP contribution >= 0.6 is 0 Å². The molecule has 4 aliphatic rings. The second kappa shape index (κ2) is 6.49. The highest BCUT2D eigenvalue weighted by Gasteiger charge is 2.46. The van der Waals surface area contributed by atoms with Crippen molar-refractivity contribution in [2.75, 3.05) is 29.4 Å². The number of piperidine rings is 1. The second-order valence-corrected chi connectivity index (χ2v) is 8.88. The molecule has 1 spiro atoms. The molecule has 0 amide bonds. The van der Waals surface area contributed by atoms with Crippen molar-refractivity contribution in [1.29, 1.82) is 0 Å². The molecule has 6 rings (SSSR count). The average Bonchev–Trinajstić information content (AvgIpc) is 3.21. The number of rotatable bonds is 1. The van der Waals surface area contributed by atoms with Gasteiger partial charge in [0.2, 0.25) is 0 Å².